The Balaban J connectivity index is 2.06. The molecular weight excluding hydrogens is 244 g/mol. The van der Waals surface area contributed by atoms with Crippen LogP contribution in [0.5, 0.6) is 0 Å². The van der Waals surface area contributed by atoms with E-state index in [1.165, 1.54) is 0 Å². The second-order valence-corrected chi connectivity index (χ2v) is 4.42. The smallest absolute Gasteiger partial charge is 0.336 e. The minimum absolute atomic E-state index is 0.313. The summed E-state index contributed by atoms with van der Waals surface area (Å²) in [4.78, 5) is 11.1. The Bertz CT molecular complexity index is 755. The summed E-state index contributed by atoms with van der Waals surface area (Å²) >= 11 is 0. The second kappa shape index (κ2) is 4.28. The first-order chi connectivity index (χ1) is 9.15. The van der Waals surface area contributed by atoms with Gasteiger partial charge in [-0.1, -0.05) is 11.2 Å². The molecule has 3 aromatic rings. The maximum atomic E-state index is 11.1. The summed E-state index contributed by atoms with van der Waals surface area (Å²) < 4.78 is 6.99. The van der Waals surface area contributed by atoms with Gasteiger partial charge in [0.25, 0.3) is 0 Å². The lowest BCUT2D eigenvalue weighted by Gasteiger charge is -2.03. The average Bonchev–Trinajstić information content (AvgIpc) is 2.97. The van der Waals surface area contributed by atoms with Crippen molar-refractivity contribution >= 4 is 16.9 Å². The molecule has 0 saturated heterocycles. The highest BCUT2D eigenvalue weighted by molar-refractivity contribution is 6.02. The molecule has 0 spiro atoms. The first kappa shape index (κ1) is 11.5. The Morgan fingerprint density at radius 3 is 2.95 bits per heavy atom. The van der Waals surface area contributed by atoms with E-state index in [2.05, 4.69) is 5.16 Å². The Morgan fingerprint density at radius 1 is 1.42 bits per heavy atom. The van der Waals surface area contributed by atoms with E-state index in [9.17, 15) is 4.79 Å². The zero-order chi connectivity index (χ0) is 13.4. The highest BCUT2D eigenvalue weighted by Crippen LogP contribution is 2.21. The Kier molecular flexibility index (Phi) is 2.59. The molecule has 19 heavy (non-hydrogen) atoms. The normalized spacial score (nSPS) is 11.0. The number of aromatic nitrogens is 2. The largest absolute Gasteiger partial charge is 0.478 e. The molecular formula is C14H12N2O3. The van der Waals surface area contributed by atoms with Crippen molar-refractivity contribution in [3.8, 4) is 0 Å². The molecule has 5 nitrogen and oxygen atoms in total. The molecule has 0 atom stereocenters. The van der Waals surface area contributed by atoms with Crippen LogP contribution in [0.25, 0.3) is 10.9 Å². The fourth-order valence-corrected chi connectivity index (χ4v) is 2.21. The van der Waals surface area contributed by atoms with Crippen molar-refractivity contribution in [1.82, 2.24) is 9.72 Å². The highest BCUT2D eigenvalue weighted by atomic mass is 16.5. The van der Waals surface area contributed by atoms with Crippen LogP contribution in [0.4, 0.5) is 0 Å². The van der Waals surface area contributed by atoms with Crippen LogP contribution in [0.2, 0.25) is 0 Å². The van der Waals surface area contributed by atoms with Gasteiger partial charge in [-0.05, 0) is 25.1 Å². The van der Waals surface area contributed by atoms with Crippen LogP contribution in [0, 0.1) is 6.92 Å². The number of hydrogen-bond acceptors (Lipinski definition) is 3. The number of aryl methyl sites for hydroxylation is 1. The van der Waals surface area contributed by atoms with Crippen molar-refractivity contribution in [1.29, 1.82) is 0 Å². The SMILES string of the molecule is Cc1cc(Cn2ccc3c(C(=O)O)cccc32)no1. The van der Waals surface area contributed by atoms with Crippen LogP contribution in [0.1, 0.15) is 21.8 Å². The lowest BCUT2D eigenvalue weighted by atomic mass is 10.1. The second-order valence-electron chi connectivity index (χ2n) is 4.42. The summed E-state index contributed by atoms with van der Waals surface area (Å²) in [6.07, 6.45) is 1.86. The summed E-state index contributed by atoms with van der Waals surface area (Å²) in [5, 5.41) is 13.8. The molecule has 0 aliphatic carbocycles. The van der Waals surface area contributed by atoms with Crippen LogP contribution in [-0.4, -0.2) is 20.8 Å². The fourth-order valence-electron chi connectivity index (χ4n) is 2.21. The van der Waals surface area contributed by atoms with E-state index in [1.807, 2.05) is 35.9 Å². The topological polar surface area (TPSA) is 68.3 Å². The van der Waals surface area contributed by atoms with E-state index in [0.29, 0.717) is 12.1 Å². The van der Waals surface area contributed by atoms with E-state index >= 15 is 0 Å². The van der Waals surface area contributed by atoms with Gasteiger partial charge in [0.2, 0.25) is 0 Å². The summed E-state index contributed by atoms with van der Waals surface area (Å²) in [6, 6.07) is 8.93. The van der Waals surface area contributed by atoms with Crippen LogP contribution < -0.4 is 0 Å². The summed E-state index contributed by atoms with van der Waals surface area (Å²) in [7, 11) is 0. The van der Waals surface area contributed by atoms with E-state index in [1.54, 1.807) is 12.1 Å². The molecule has 96 valence electrons. The molecule has 3 rings (SSSR count). The number of carboxylic acid groups (broad SMARTS) is 1. The molecule has 2 aromatic heterocycles. The quantitative estimate of drug-likeness (QED) is 0.782. The number of rotatable bonds is 3. The third kappa shape index (κ3) is 1.99. The first-order valence-electron chi connectivity index (χ1n) is 5.88. The fraction of sp³-hybridized carbons (Fsp3) is 0.143. The lowest BCUT2D eigenvalue weighted by molar-refractivity contribution is 0.0699. The molecule has 0 saturated carbocycles. The monoisotopic (exact) mass is 256 g/mol. The molecule has 0 aliphatic rings. The third-order valence-electron chi connectivity index (χ3n) is 3.05. The van der Waals surface area contributed by atoms with Gasteiger partial charge < -0.3 is 14.2 Å². The molecule has 1 N–H and O–H groups in total. The van der Waals surface area contributed by atoms with Gasteiger partial charge in [0.05, 0.1) is 12.1 Å². The number of nitrogens with zero attached hydrogens (tertiary/aromatic N) is 2. The van der Waals surface area contributed by atoms with E-state index in [4.69, 9.17) is 9.63 Å². The number of benzene rings is 1. The molecule has 2 heterocycles. The van der Waals surface area contributed by atoms with Crippen molar-refractivity contribution < 1.29 is 14.4 Å². The average molecular weight is 256 g/mol. The molecule has 0 unspecified atom stereocenters. The van der Waals surface area contributed by atoms with Crippen LogP contribution in [0.3, 0.4) is 0 Å². The molecule has 0 aliphatic heterocycles. The van der Waals surface area contributed by atoms with Crippen molar-refractivity contribution in [2.24, 2.45) is 0 Å². The van der Waals surface area contributed by atoms with Crippen molar-refractivity contribution in [3.63, 3.8) is 0 Å². The molecule has 0 amide bonds. The standard InChI is InChI=1S/C14H12N2O3/c1-9-7-10(15-19-9)8-16-6-5-11-12(14(17)18)3-2-4-13(11)16/h2-7H,8H2,1H3,(H,17,18). The predicted octanol–water partition coefficient (Wildman–Crippen LogP) is 2.68. The number of hydrogen-bond donors (Lipinski definition) is 1. The van der Waals surface area contributed by atoms with Gasteiger partial charge in [0, 0.05) is 23.2 Å². The first-order valence-corrected chi connectivity index (χ1v) is 5.88. The zero-order valence-electron chi connectivity index (χ0n) is 10.3. The molecule has 0 radical (unpaired) electrons. The minimum Gasteiger partial charge on any atom is -0.478 e. The molecule has 0 fully saturated rings. The van der Waals surface area contributed by atoms with Crippen molar-refractivity contribution in [2.75, 3.05) is 0 Å². The van der Waals surface area contributed by atoms with Gasteiger partial charge in [0.15, 0.2) is 0 Å². The maximum Gasteiger partial charge on any atom is 0.336 e. The van der Waals surface area contributed by atoms with Gasteiger partial charge in [0.1, 0.15) is 11.5 Å². The lowest BCUT2D eigenvalue weighted by Crippen LogP contribution is -2.00. The predicted molar refractivity (Wildman–Crippen MR) is 69.2 cm³/mol. The Morgan fingerprint density at radius 2 is 2.26 bits per heavy atom. The van der Waals surface area contributed by atoms with Crippen LogP contribution >= 0.6 is 0 Å². The van der Waals surface area contributed by atoms with Gasteiger partial charge >= 0.3 is 5.97 Å². The van der Waals surface area contributed by atoms with Gasteiger partial charge in [-0.2, -0.15) is 0 Å². The zero-order valence-corrected chi connectivity index (χ0v) is 10.3. The van der Waals surface area contributed by atoms with Crippen molar-refractivity contribution in [3.05, 3.63) is 53.5 Å². The minimum atomic E-state index is -0.916. The highest BCUT2D eigenvalue weighted by Gasteiger charge is 2.11. The van der Waals surface area contributed by atoms with Gasteiger partial charge in [-0.25, -0.2) is 4.79 Å². The van der Waals surface area contributed by atoms with E-state index in [-0.39, 0.29) is 0 Å². The van der Waals surface area contributed by atoms with Crippen molar-refractivity contribution in [2.45, 2.75) is 13.5 Å². The Labute approximate surface area is 109 Å². The van der Waals surface area contributed by atoms with Gasteiger partial charge in [-0.15, -0.1) is 0 Å². The summed E-state index contributed by atoms with van der Waals surface area (Å²) in [6.45, 7) is 2.40. The third-order valence-corrected chi connectivity index (χ3v) is 3.05. The Hall–Kier alpha value is -2.56. The summed E-state index contributed by atoms with van der Waals surface area (Å²) in [5.41, 5.74) is 2.00. The van der Waals surface area contributed by atoms with Crippen LogP contribution in [-0.2, 0) is 6.54 Å². The van der Waals surface area contributed by atoms with Crippen LogP contribution in [0.15, 0.2) is 41.1 Å². The van der Waals surface area contributed by atoms with E-state index in [0.717, 1.165) is 22.4 Å². The number of fused-ring (bicyclic) bond motifs is 1. The maximum absolute atomic E-state index is 11.1. The number of carboxylic acids is 1. The van der Waals surface area contributed by atoms with E-state index < -0.39 is 5.97 Å². The van der Waals surface area contributed by atoms with Gasteiger partial charge in [-0.3, -0.25) is 0 Å². The molecule has 5 heteroatoms. The number of aromatic carboxylic acids is 1. The summed E-state index contributed by atoms with van der Waals surface area (Å²) in [5.74, 6) is -0.154. The number of carbonyl (C=O) groups is 1. The molecule has 1 aromatic carbocycles. The molecule has 0 bridgehead atoms.